The molecule has 90 valence electrons. The van der Waals surface area contributed by atoms with E-state index in [4.69, 9.17) is 16.9 Å². The fourth-order valence-corrected chi connectivity index (χ4v) is 3.39. The van der Waals surface area contributed by atoms with Crippen LogP contribution in [0.25, 0.3) is 0 Å². The third kappa shape index (κ3) is 3.21. The van der Waals surface area contributed by atoms with Crippen molar-refractivity contribution in [3.05, 3.63) is 28.8 Å². The van der Waals surface area contributed by atoms with Gasteiger partial charge < -0.3 is 5.32 Å². The Labute approximate surface area is 108 Å². The Bertz CT molecular complexity index is 474. The van der Waals surface area contributed by atoms with Gasteiger partial charge in [-0.1, -0.05) is 11.6 Å². The molecule has 2 rings (SSSR count). The molecule has 1 aromatic rings. The summed E-state index contributed by atoms with van der Waals surface area (Å²) in [6, 6.07) is 7.61. The van der Waals surface area contributed by atoms with Gasteiger partial charge in [0, 0.05) is 28.3 Å². The van der Waals surface area contributed by atoms with Crippen molar-refractivity contribution in [3.8, 4) is 6.07 Å². The predicted molar refractivity (Wildman–Crippen MR) is 70.7 cm³/mol. The van der Waals surface area contributed by atoms with Crippen LogP contribution >= 0.6 is 11.6 Å². The van der Waals surface area contributed by atoms with Crippen molar-refractivity contribution in [2.45, 2.75) is 18.9 Å². The molecule has 3 nitrogen and oxygen atoms in total. The highest BCUT2D eigenvalue weighted by atomic mass is 35.5. The molecule has 5 heteroatoms. The second kappa shape index (κ2) is 5.52. The Hall–Kier alpha value is -1.05. The molecule has 0 spiro atoms. The summed E-state index contributed by atoms with van der Waals surface area (Å²) >= 11 is 6.08. The van der Waals surface area contributed by atoms with Gasteiger partial charge in [-0.2, -0.15) is 5.26 Å². The molecule has 1 heterocycles. The SMILES string of the molecule is N#Cc1ccc(NC2CCS(=O)CC2)c(Cl)c1. The summed E-state index contributed by atoms with van der Waals surface area (Å²) in [6.07, 6.45) is 1.81. The van der Waals surface area contributed by atoms with Crippen LogP contribution in [0.1, 0.15) is 18.4 Å². The number of benzene rings is 1. The van der Waals surface area contributed by atoms with Crippen molar-refractivity contribution in [1.82, 2.24) is 0 Å². The van der Waals surface area contributed by atoms with Gasteiger partial charge in [0.1, 0.15) is 0 Å². The van der Waals surface area contributed by atoms with Crippen molar-refractivity contribution in [2.24, 2.45) is 0 Å². The van der Waals surface area contributed by atoms with Crippen LogP contribution in [0.2, 0.25) is 5.02 Å². The number of rotatable bonds is 2. The highest BCUT2D eigenvalue weighted by molar-refractivity contribution is 7.85. The lowest BCUT2D eigenvalue weighted by molar-refractivity contribution is 0.624. The molecule has 0 radical (unpaired) electrons. The number of halogens is 1. The largest absolute Gasteiger partial charge is 0.381 e. The third-order valence-corrected chi connectivity index (χ3v) is 4.54. The van der Waals surface area contributed by atoms with Crippen LogP contribution < -0.4 is 5.32 Å². The molecule has 1 N–H and O–H groups in total. The Morgan fingerprint density at radius 2 is 2.12 bits per heavy atom. The van der Waals surface area contributed by atoms with Crippen molar-refractivity contribution >= 4 is 28.1 Å². The first-order valence-electron chi connectivity index (χ1n) is 5.50. The molecule has 0 atom stereocenters. The zero-order valence-electron chi connectivity index (χ0n) is 9.28. The average molecular weight is 269 g/mol. The van der Waals surface area contributed by atoms with Crippen LogP contribution in [0.4, 0.5) is 5.69 Å². The lowest BCUT2D eigenvalue weighted by Gasteiger charge is -2.24. The van der Waals surface area contributed by atoms with Crippen LogP contribution in [0.15, 0.2) is 18.2 Å². The molecule has 1 aliphatic heterocycles. The number of hydrogen-bond acceptors (Lipinski definition) is 3. The van der Waals surface area contributed by atoms with Crippen LogP contribution in [0.3, 0.4) is 0 Å². The number of nitrogens with zero attached hydrogens (tertiary/aromatic N) is 1. The van der Waals surface area contributed by atoms with Gasteiger partial charge in [-0.25, -0.2) is 0 Å². The van der Waals surface area contributed by atoms with Gasteiger partial charge in [-0.3, -0.25) is 4.21 Å². The lowest BCUT2D eigenvalue weighted by Crippen LogP contribution is -2.29. The monoisotopic (exact) mass is 268 g/mol. The number of nitriles is 1. The van der Waals surface area contributed by atoms with E-state index in [0.29, 0.717) is 16.6 Å². The van der Waals surface area contributed by atoms with Gasteiger partial charge in [0.25, 0.3) is 0 Å². The van der Waals surface area contributed by atoms with Crippen molar-refractivity contribution < 1.29 is 4.21 Å². The summed E-state index contributed by atoms with van der Waals surface area (Å²) in [5, 5.41) is 12.7. The van der Waals surface area contributed by atoms with Gasteiger partial charge in [0.05, 0.1) is 22.3 Å². The van der Waals surface area contributed by atoms with Crippen molar-refractivity contribution in [2.75, 3.05) is 16.8 Å². The zero-order chi connectivity index (χ0) is 12.3. The Morgan fingerprint density at radius 1 is 1.41 bits per heavy atom. The minimum absolute atomic E-state index is 0.332. The van der Waals surface area contributed by atoms with E-state index in [1.165, 1.54) is 0 Å². The van der Waals surface area contributed by atoms with Gasteiger partial charge >= 0.3 is 0 Å². The Kier molecular flexibility index (Phi) is 4.03. The number of hydrogen-bond donors (Lipinski definition) is 1. The van der Waals surface area contributed by atoms with Crippen LogP contribution in [0, 0.1) is 11.3 Å². The molecule has 1 fully saturated rings. The van der Waals surface area contributed by atoms with Crippen molar-refractivity contribution in [1.29, 1.82) is 5.26 Å². The summed E-state index contributed by atoms with van der Waals surface area (Å²) < 4.78 is 11.2. The van der Waals surface area contributed by atoms with E-state index in [-0.39, 0.29) is 0 Å². The highest BCUT2D eigenvalue weighted by Crippen LogP contribution is 2.25. The van der Waals surface area contributed by atoms with E-state index in [1.54, 1.807) is 12.1 Å². The van der Waals surface area contributed by atoms with E-state index in [2.05, 4.69) is 11.4 Å². The summed E-state index contributed by atoms with van der Waals surface area (Å²) in [4.78, 5) is 0. The maximum absolute atomic E-state index is 11.2. The van der Waals surface area contributed by atoms with Gasteiger partial charge in [-0.15, -0.1) is 0 Å². The van der Waals surface area contributed by atoms with Crippen molar-refractivity contribution in [3.63, 3.8) is 0 Å². The fraction of sp³-hybridized carbons (Fsp3) is 0.417. The van der Waals surface area contributed by atoms with Crippen LogP contribution in [-0.4, -0.2) is 21.8 Å². The maximum atomic E-state index is 11.2. The summed E-state index contributed by atoms with van der Waals surface area (Å²) in [5.41, 5.74) is 1.41. The Morgan fingerprint density at radius 3 is 2.71 bits per heavy atom. The van der Waals surface area contributed by atoms with E-state index in [1.807, 2.05) is 6.07 Å². The molecule has 1 aliphatic rings. The standard InChI is InChI=1S/C12H13ClN2OS/c13-11-7-9(8-14)1-2-12(11)15-10-3-5-17(16)6-4-10/h1-2,7,10,15H,3-6H2. The first-order chi connectivity index (χ1) is 8.19. The average Bonchev–Trinajstić information content (AvgIpc) is 2.34. The topological polar surface area (TPSA) is 52.9 Å². The number of anilines is 1. The summed E-state index contributed by atoms with van der Waals surface area (Å²) in [7, 11) is -0.645. The minimum atomic E-state index is -0.645. The predicted octanol–water partition coefficient (Wildman–Crippen LogP) is 2.53. The molecule has 17 heavy (non-hydrogen) atoms. The van der Waals surface area contributed by atoms with Crippen LogP contribution in [0.5, 0.6) is 0 Å². The van der Waals surface area contributed by atoms with E-state index < -0.39 is 10.8 Å². The molecule has 1 saturated heterocycles. The second-order valence-corrected chi connectivity index (χ2v) is 6.18. The number of nitrogens with one attached hydrogen (secondary N) is 1. The molecule has 0 amide bonds. The Balaban J connectivity index is 2.04. The third-order valence-electron chi connectivity index (χ3n) is 2.85. The first-order valence-corrected chi connectivity index (χ1v) is 7.37. The summed E-state index contributed by atoms with van der Waals surface area (Å²) in [6.45, 7) is 0. The molecule has 1 aromatic carbocycles. The quantitative estimate of drug-likeness (QED) is 0.897. The fourth-order valence-electron chi connectivity index (χ4n) is 1.86. The summed E-state index contributed by atoms with van der Waals surface area (Å²) in [5.74, 6) is 1.51. The maximum Gasteiger partial charge on any atom is 0.0992 e. The minimum Gasteiger partial charge on any atom is -0.381 e. The molecule has 0 bridgehead atoms. The smallest absolute Gasteiger partial charge is 0.0992 e. The molecular weight excluding hydrogens is 256 g/mol. The second-order valence-electron chi connectivity index (χ2n) is 4.07. The molecule has 0 aliphatic carbocycles. The van der Waals surface area contributed by atoms with Crippen LogP contribution in [-0.2, 0) is 10.8 Å². The van der Waals surface area contributed by atoms with E-state index in [9.17, 15) is 4.21 Å². The van der Waals surface area contributed by atoms with Gasteiger partial charge in [0.2, 0.25) is 0 Å². The first kappa shape index (κ1) is 12.4. The molecule has 0 saturated carbocycles. The molecule has 0 unspecified atom stereocenters. The zero-order valence-corrected chi connectivity index (χ0v) is 10.9. The highest BCUT2D eigenvalue weighted by Gasteiger charge is 2.18. The van der Waals surface area contributed by atoms with E-state index >= 15 is 0 Å². The van der Waals surface area contributed by atoms with Gasteiger partial charge in [-0.05, 0) is 31.0 Å². The normalized spacial score (nSPS) is 24.0. The van der Waals surface area contributed by atoms with Gasteiger partial charge in [0.15, 0.2) is 0 Å². The lowest BCUT2D eigenvalue weighted by atomic mass is 10.1. The molecular formula is C12H13ClN2OS. The van der Waals surface area contributed by atoms with E-state index in [0.717, 1.165) is 30.0 Å². The molecule has 0 aromatic heterocycles.